The third kappa shape index (κ3) is 5.66. The molecular weight excluding hydrogens is 530 g/mol. The molecule has 5 rings (SSSR count). The maximum atomic E-state index is 13.6. The Bertz CT molecular complexity index is 1590. The molecule has 4 aromatic rings. The van der Waals surface area contributed by atoms with Gasteiger partial charge in [-0.05, 0) is 56.4 Å². The number of amides is 1. The molecule has 40 heavy (non-hydrogen) atoms. The lowest BCUT2D eigenvalue weighted by Gasteiger charge is -2.37. The van der Waals surface area contributed by atoms with Gasteiger partial charge in [-0.25, -0.2) is 27.2 Å². The Morgan fingerprint density at radius 2 is 1.85 bits per heavy atom. The van der Waals surface area contributed by atoms with Gasteiger partial charge in [0.25, 0.3) is 10.0 Å². The summed E-state index contributed by atoms with van der Waals surface area (Å²) in [6.45, 7) is 4.32. The molecule has 1 aliphatic rings. The molecule has 0 saturated carbocycles. The average molecular weight is 564 g/mol. The van der Waals surface area contributed by atoms with Crippen LogP contribution in [0.3, 0.4) is 0 Å². The zero-order valence-corrected chi connectivity index (χ0v) is 23.3. The van der Waals surface area contributed by atoms with Crippen molar-refractivity contribution in [1.29, 1.82) is 0 Å². The smallest absolute Gasteiger partial charge is 0.410 e. The van der Waals surface area contributed by atoms with Crippen LogP contribution in [-0.4, -0.2) is 63.7 Å². The highest BCUT2D eigenvalue weighted by Crippen LogP contribution is 2.31. The Hall–Kier alpha value is -3.96. The first kappa shape index (κ1) is 27.6. The van der Waals surface area contributed by atoms with Crippen molar-refractivity contribution in [3.63, 3.8) is 0 Å². The number of anilines is 1. The van der Waals surface area contributed by atoms with Crippen LogP contribution >= 0.6 is 0 Å². The third-order valence-electron chi connectivity index (χ3n) is 7.25. The molecule has 2 aromatic carbocycles. The monoisotopic (exact) mass is 563 g/mol. The summed E-state index contributed by atoms with van der Waals surface area (Å²) in [5.41, 5.74) is 2.70. The first-order chi connectivity index (χ1) is 19.3. The predicted octanol–water partition coefficient (Wildman–Crippen LogP) is 4.11. The average Bonchev–Trinajstić information content (AvgIpc) is 3.34. The number of benzene rings is 2. The van der Waals surface area contributed by atoms with Crippen LogP contribution in [0, 0.1) is 6.92 Å². The molecule has 2 N–H and O–H groups in total. The molecule has 1 aliphatic heterocycles. The van der Waals surface area contributed by atoms with Crippen LogP contribution in [0.25, 0.3) is 11.0 Å². The molecule has 2 unspecified atom stereocenters. The van der Waals surface area contributed by atoms with Gasteiger partial charge in [0.1, 0.15) is 18.8 Å². The molecule has 3 heterocycles. The van der Waals surface area contributed by atoms with Crippen LogP contribution in [-0.2, 0) is 27.8 Å². The predicted molar refractivity (Wildman–Crippen MR) is 152 cm³/mol. The molecule has 0 aliphatic carbocycles. The fourth-order valence-corrected chi connectivity index (χ4v) is 6.35. The Morgan fingerprint density at radius 3 is 2.58 bits per heavy atom. The van der Waals surface area contributed by atoms with E-state index < -0.39 is 10.0 Å². The molecule has 1 saturated heterocycles. The van der Waals surface area contributed by atoms with Gasteiger partial charge in [-0.1, -0.05) is 48.0 Å². The van der Waals surface area contributed by atoms with Crippen molar-refractivity contribution in [2.24, 2.45) is 0 Å². The van der Waals surface area contributed by atoms with E-state index >= 15 is 0 Å². The SMILES string of the molecule is Cc1ccc(S(=O)(=O)n2cc(CCO)c3c(NC4CCC(C)N(C(=O)OCc5ccccc5)C4)ncnc32)cc1. The molecule has 0 spiro atoms. The number of nitrogens with one attached hydrogen (secondary N) is 1. The van der Waals surface area contributed by atoms with Gasteiger partial charge in [0.05, 0.1) is 10.3 Å². The lowest BCUT2D eigenvalue weighted by atomic mass is 9.99. The minimum atomic E-state index is -3.94. The number of hydrogen-bond acceptors (Lipinski definition) is 8. The second-order valence-corrected chi connectivity index (χ2v) is 11.9. The summed E-state index contributed by atoms with van der Waals surface area (Å²) >= 11 is 0. The van der Waals surface area contributed by atoms with E-state index in [0.29, 0.717) is 23.3 Å². The Kier molecular flexibility index (Phi) is 8.04. The van der Waals surface area contributed by atoms with Gasteiger partial charge in [0.2, 0.25) is 0 Å². The number of fused-ring (bicyclic) bond motifs is 1. The van der Waals surface area contributed by atoms with E-state index in [1.165, 1.54) is 12.5 Å². The molecule has 2 atom stereocenters. The summed E-state index contributed by atoms with van der Waals surface area (Å²) < 4.78 is 33.9. The number of ether oxygens (including phenoxy) is 1. The van der Waals surface area contributed by atoms with Crippen LogP contribution in [0.2, 0.25) is 0 Å². The van der Waals surface area contributed by atoms with E-state index in [9.17, 15) is 18.3 Å². The summed E-state index contributed by atoms with van der Waals surface area (Å²) in [5.74, 6) is 0.462. The van der Waals surface area contributed by atoms with Gasteiger partial charge in [0, 0.05) is 31.4 Å². The Morgan fingerprint density at radius 1 is 1.10 bits per heavy atom. The zero-order chi connectivity index (χ0) is 28.3. The number of nitrogens with zero attached hydrogens (tertiary/aromatic N) is 4. The van der Waals surface area contributed by atoms with Crippen LogP contribution < -0.4 is 5.32 Å². The van der Waals surface area contributed by atoms with Crippen LogP contribution in [0.15, 0.2) is 72.0 Å². The summed E-state index contributed by atoms with van der Waals surface area (Å²) in [7, 11) is -3.94. The van der Waals surface area contributed by atoms with Gasteiger partial charge in [-0.3, -0.25) is 0 Å². The number of carbonyl (C=O) groups is 1. The highest BCUT2D eigenvalue weighted by molar-refractivity contribution is 7.90. The summed E-state index contributed by atoms with van der Waals surface area (Å²) in [5, 5.41) is 13.7. The number of rotatable bonds is 8. The van der Waals surface area contributed by atoms with Gasteiger partial charge < -0.3 is 20.1 Å². The van der Waals surface area contributed by atoms with Gasteiger partial charge in [-0.2, -0.15) is 0 Å². The molecule has 210 valence electrons. The van der Waals surface area contributed by atoms with E-state index in [-0.39, 0.29) is 48.4 Å². The number of aromatic nitrogens is 3. The highest BCUT2D eigenvalue weighted by Gasteiger charge is 2.31. The van der Waals surface area contributed by atoms with Crippen LogP contribution in [0.1, 0.15) is 36.5 Å². The number of aliphatic hydroxyl groups is 1. The van der Waals surface area contributed by atoms with Crippen molar-refractivity contribution in [3.05, 3.63) is 83.8 Å². The zero-order valence-electron chi connectivity index (χ0n) is 22.5. The molecular formula is C29H33N5O5S. The van der Waals surface area contributed by atoms with Crippen molar-refractivity contribution in [2.45, 2.75) is 56.7 Å². The first-order valence-corrected chi connectivity index (χ1v) is 14.7. The Labute approximate surface area is 233 Å². The van der Waals surface area contributed by atoms with Gasteiger partial charge in [-0.15, -0.1) is 0 Å². The Balaban J connectivity index is 1.40. The number of likely N-dealkylation sites (tertiary alicyclic amines) is 1. The summed E-state index contributed by atoms with van der Waals surface area (Å²) in [6, 6.07) is 16.0. The largest absolute Gasteiger partial charge is 0.445 e. The number of aryl methyl sites for hydroxylation is 1. The van der Waals surface area contributed by atoms with E-state index in [1.807, 2.05) is 44.2 Å². The number of aliphatic hydroxyl groups excluding tert-OH is 1. The number of piperidine rings is 1. The van der Waals surface area contributed by atoms with E-state index in [0.717, 1.165) is 27.9 Å². The third-order valence-corrected chi connectivity index (χ3v) is 8.92. The van der Waals surface area contributed by atoms with Gasteiger partial charge in [0.15, 0.2) is 5.65 Å². The van der Waals surface area contributed by atoms with Crippen LogP contribution in [0.4, 0.5) is 10.6 Å². The number of carbonyl (C=O) groups excluding carboxylic acids is 1. The van der Waals surface area contributed by atoms with Crippen LogP contribution in [0.5, 0.6) is 0 Å². The molecule has 0 bridgehead atoms. The first-order valence-electron chi connectivity index (χ1n) is 13.3. The van der Waals surface area contributed by atoms with Crippen molar-refractivity contribution in [1.82, 2.24) is 18.8 Å². The minimum Gasteiger partial charge on any atom is -0.445 e. The van der Waals surface area contributed by atoms with Crippen molar-refractivity contribution >= 4 is 33.0 Å². The second-order valence-electron chi connectivity index (χ2n) is 10.1. The molecule has 2 aromatic heterocycles. The second kappa shape index (κ2) is 11.6. The maximum absolute atomic E-state index is 13.6. The molecule has 10 nitrogen and oxygen atoms in total. The van der Waals surface area contributed by atoms with Crippen molar-refractivity contribution < 1.29 is 23.1 Å². The van der Waals surface area contributed by atoms with E-state index in [1.54, 1.807) is 29.2 Å². The lowest BCUT2D eigenvalue weighted by molar-refractivity contribution is 0.0696. The highest BCUT2D eigenvalue weighted by atomic mass is 32.2. The summed E-state index contributed by atoms with van der Waals surface area (Å²) in [4.78, 5) is 23.6. The van der Waals surface area contributed by atoms with E-state index in [2.05, 4.69) is 15.3 Å². The molecule has 1 amide bonds. The molecule has 11 heteroatoms. The lowest BCUT2D eigenvalue weighted by Crippen LogP contribution is -2.49. The standard InChI is InChI=1S/C29H33N5O5S/c1-20-8-12-25(13-9-20)40(37,38)34-16-23(14-15-35)26-27(30-19-31-28(26)34)32-24-11-10-21(2)33(17-24)29(36)39-18-22-6-4-3-5-7-22/h3-9,12-13,16,19,21,24,35H,10-11,14-15,17-18H2,1-2H3,(H,30,31,32). The fraction of sp³-hybridized carbons (Fsp3) is 0.345. The summed E-state index contributed by atoms with van der Waals surface area (Å²) in [6.07, 6.45) is 4.23. The van der Waals surface area contributed by atoms with E-state index in [4.69, 9.17) is 4.74 Å². The minimum absolute atomic E-state index is 0.0115. The van der Waals surface area contributed by atoms with Crippen molar-refractivity contribution in [3.8, 4) is 0 Å². The quantitative estimate of drug-likeness (QED) is 0.328. The van der Waals surface area contributed by atoms with Gasteiger partial charge >= 0.3 is 6.09 Å². The molecule has 1 fully saturated rings. The normalized spacial score (nSPS) is 17.6. The fourth-order valence-electron chi connectivity index (χ4n) is 5.01. The number of hydrogen-bond donors (Lipinski definition) is 2. The maximum Gasteiger partial charge on any atom is 0.410 e. The topological polar surface area (TPSA) is 127 Å². The van der Waals surface area contributed by atoms with Crippen molar-refractivity contribution in [2.75, 3.05) is 18.5 Å². The molecule has 0 radical (unpaired) electrons.